The van der Waals surface area contributed by atoms with E-state index in [1.165, 1.54) is 11.0 Å². The maximum atomic E-state index is 12.2. The number of hydrogen-bond acceptors (Lipinski definition) is 5. The highest BCUT2D eigenvalue weighted by atomic mass is 32.2. The molecule has 7 heteroatoms. The van der Waals surface area contributed by atoms with E-state index < -0.39 is 4.92 Å². The molecular weight excluding hydrogens is 350 g/mol. The minimum absolute atomic E-state index is 0.0480. The van der Waals surface area contributed by atoms with Gasteiger partial charge < -0.3 is 10.6 Å². The first kappa shape index (κ1) is 19.8. The third kappa shape index (κ3) is 5.49. The largest absolute Gasteiger partial charge is 0.371 e. The van der Waals surface area contributed by atoms with Crippen LogP contribution >= 0.6 is 11.8 Å². The molecule has 26 heavy (non-hydrogen) atoms. The first-order valence-corrected chi connectivity index (χ1v) is 9.33. The Morgan fingerprint density at radius 3 is 2.62 bits per heavy atom. The Hall–Kier alpha value is -2.54. The number of carbonyl (C=O) groups is 1. The Morgan fingerprint density at radius 2 is 1.96 bits per heavy atom. The Balaban J connectivity index is 1.97. The van der Waals surface area contributed by atoms with Gasteiger partial charge in [-0.25, -0.2) is 0 Å². The predicted molar refractivity (Wildman–Crippen MR) is 107 cm³/mol. The van der Waals surface area contributed by atoms with Gasteiger partial charge in [-0.1, -0.05) is 26.0 Å². The highest BCUT2D eigenvalue weighted by Crippen LogP contribution is 2.28. The van der Waals surface area contributed by atoms with Gasteiger partial charge in [-0.05, 0) is 43.2 Å². The van der Waals surface area contributed by atoms with Crippen molar-refractivity contribution >= 4 is 34.7 Å². The fourth-order valence-corrected chi connectivity index (χ4v) is 3.34. The van der Waals surface area contributed by atoms with E-state index in [4.69, 9.17) is 0 Å². The molecule has 2 N–H and O–H groups in total. The third-order valence-electron chi connectivity index (χ3n) is 3.92. The van der Waals surface area contributed by atoms with Gasteiger partial charge >= 0.3 is 0 Å². The van der Waals surface area contributed by atoms with E-state index in [2.05, 4.69) is 30.5 Å². The van der Waals surface area contributed by atoms with Crippen LogP contribution in [0.3, 0.4) is 0 Å². The van der Waals surface area contributed by atoms with Crippen LogP contribution < -0.4 is 10.6 Å². The lowest BCUT2D eigenvalue weighted by Gasteiger charge is -2.13. The van der Waals surface area contributed by atoms with Crippen LogP contribution in [0.5, 0.6) is 0 Å². The van der Waals surface area contributed by atoms with E-state index >= 15 is 0 Å². The summed E-state index contributed by atoms with van der Waals surface area (Å²) in [5.41, 5.74) is 2.00. The number of carbonyl (C=O) groups excluding carboxylic acids is 1. The molecule has 1 atom stereocenters. The molecule has 1 amide bonds. The maximum absolute atomic E-state index is 12.2. The smallest absolute Gasteiger partial charge is 0.292 e. The van der Waals surface area contributed by atoms with Crippen LogP contribution in [0.1, 0.15) is 25.8 Å². The first-order chi connectivity index (χ1) is 12.4. The number of amides is 1. The number of anilines is 2. The average molecular weight is 373 g/mol. The summed E-state index contributed by atoms with van der Waals surface area (Å²) in [6, 6.07) is 12.2. The summed E-state index contributed by atoms with van der Waals surface area (Å²) < 4.78 is 0. The van der Waals surface area contributed by atoms with Crippen molar-refractivity contribution < 1.29 is 9.72 Å². The molecule has 2 aromatic rings. The van der Waals surface area contributed by atoms with Crippen LogP contribution in [0.25, 0.3) is 0 Å². The summed E-state index contributed by atoms with van der Waals surface area (Å²) in [4.78, 5) is 23.9. The number of nitro benzene ring substituents is 1. The molecular formula is C19H23N3O3S. The average Bonchev–Trinajstić information content (AvgIpc) is 2.62. The zero-order valence-electron chi connectivity index (χ0n) is 15.1. The molecule has 0 spiro atoms. The summed E-state index contributed by atoms with van der Waals surface area (Å²) in [6.07, 6.45) is 1.10. The summed E-state index contributed by atoms with van der Waals surface area (Å²) in [6.45, 7) is 6.24. The Labute approximate surface area is 157 Å². The van der Waals surface area contributed by atoms with Gasteiger partial charge in [0.1, 0.15) is 5.69 Å². The van der Waals surface area contributed by atoms with Gasteiger partial charge in [-0.2, -0.15) is 0 Å². The van der Waals surface area contributed by atoms with E-state index in [0.717, 1.165) is 17.7 Å². The molecule has 0 saturated carbocycles. The molecule has 2 rings (SSSR count). The second-order valence-corrected chi connectivity index (χ2v) is 7.50. The van der Waals surface area contributed by atoms with E-state index in [1.54, 1.807) is 18.2 Å². The molecule has 0 radical (unpaired) electrons. The lowest BCUT2D eigenvalue weighted by molar-refractivity contribution is -0.383. The van der Waals surface area contributed by atoms with Gasteiger partial charge in [0.25, 0.3) is 5.69 Å². The van der Waals surface area contributed by atoms with Crippen LogP contribution in [0.4, 0.5) is 17.1 Å². The molecule has 6 nitrogen and oxygen atoms in total. The number of hydrogen-bond donors (Lipinski definition) is 2. The van der Waals surface area contributed by atoms with E-state index in [-0.39, 0.29) is 18.1 Å². The van der Waals surface area contributed by atoms with Crippen molar-refractivity contribution in [2.45, 2.75) is 37.3 Å². The van der Waals surface area contributed by atoms with Gasteiger partial charge in [-0.15, -0.1) is 11.8 Å². The van der Waals surface area contributed by atoms with Crippen molar-refractivity contribution in [3.05, 3.63) is 58.1 Å². The molecule has 0 fully saturated rings. The van der Waals surface area contributed by atoms with Crippen molar-refractivity contribution in [1.82, 2.24) is 0 Å². The number of nitrogens with zero attached hydrogens (tertiary/aromatic N) is 1. The van der Waals surface area contributed by atoms with Crippen molar-refractivity contribution in [3.8, 4) is 0 Å². The fraction of sp³-hybridized carbons (Fsp3) is 0.316. The third-order valence-corrected chi connectivity index (χ3v) is 5.19. The Bertz CT molecular complexity index is 795. The van der Waals surface area contributed by atoms with Gasteiger partial charge in [0.2, 0.25) is 5.91 Å². The molecule has 1 unspecified atom stereocenters. The fourth-order valence-electron chi connectivity index (χ4n) is 2.32. The summed E-state index contributed by atoms with van der Waals surface area (Å²) in [7, 11) is 0. The minimum atomic E-state index is -0.474. The number of aryl methyl sites for hydroxylation is 1. The standard InChI is InChI=1S/C19H23N3O3S/c1-4-14(3)26-15-9-10-16(13(2)11-15)21-19(23)12-20-17-7-5-6-8-18(17)22(24)25/h5-11,14,20H,4,12H2,1-3H3,(H,21,23). The lowest BCUT2D eigenvalue weighted by atomic mass is 10.2. The topological polar surface area (TPSA) is 84.3 Å². The molecule has 0 aliphatic carbocycles. The Kier molecular flexibility index (Phi) is 7.03. The zero-order chi connectivity index (χ0) is 19.1. The number of para-hydroxylation sites is 2. The predicted octanol–water partition coefficient (Wildman–Crippen LogP) is 4.84. The molecule has 0 saturated heterocycles. The van der Waals surface area contributed by atoms with E-state index in [1.807, 2.05) is 30.8 Å². The second kappa shape index (κ2) is 9.24. The molecule has 0 heterocycles. The van der Waals surface area contributed by atoms with Gasteiger partial charge in [-0.3, -0.25) is 14.9 Å². The van der Waals surface area contributed by atoms with Gasteiger partial charge in [0, 0.05) is 21.9 Å². The highest BCUT2D eigenvalue weighted by Gasteiger charge is 2.13. The molecule has 0 bridgehead atoms. The maximum Gasteiger partial charge on any atom is 0.292 e. The number of rotatable bonds is 8. The van der Waals surface area contributed by atoms with Crippen LogP contribution in [0.2, 0.25) is 0 Å². The molecule has 138 valence electrons. The van der Waals surface area contributed by atoms with E-state index in [0.29, 0.717) is 10.9 Å². The zero-order valence-corrected chi connectivity index (χ0v) is 15.9. The van der Waals surface area contributed by atoms with Crippen LogP contribution in [0.15, 0.2) is 47.4 Å². The molecule has 0 aromatic heterocycles. The van der Waals surface area contributed by atoms with E-state index in [9.17, 15) is 14.9 Å². The molecule has 0 aliphatic rings. The van der Waals surface area contributed by atoms with Gasteiger partial charge in [0.15, 0.2) is 0 Å². The van der Waals surface area contributed by atoms with Crippen LogP contribution in [-0.4, -0.2) is 22.6 Å². The first-order valence-electron chi connectivity index (χ1n) is 8.45. The normalized spacial score (nSPS) is 11.7. The number of benzene rings is 2. The Morgan fingerprint density at radius 1 is 1.23 bits per heavy atom. The van der Waals surface area contributed by atoms with Gasteiger partial charge in [0.05, 0.1) is 11.5 Å². The number of thioether (sulfide) groups is 1. The van der Waals surface area contributed by atoms with Crippen LogP contribution in [-0.2, 0) is 4.79 Å². The lowest BCUT2D eigenvalue weighted by Crippen LogP contribution is -2.22. The number of nitrogens with one attached hydrogen (secondary N) is 2. The van der Waals surface area contributed by atoms with Crippen molar-refractivity contribution in [3.63, 3.8) is 0 Å². The quantitative estimate of drug-likeness (QED) is 0.393. The summed E-state index contributed by atoms with van der Waals surface area (Å²) in [5, 5.41) is 17.2. The summed E-state index contributed by atoms with van der Waals surface area (Å²) >= 11 is 1.81. The van der Waals surface area contributed by atoms with Crippen LogP contribution in [0, 0.1) is 17.0 Å². The van der Waals surface area contributed by atoms with Crippen molar-refractivity contribution in [2.24, 2.45) is 0 Å². The number of nitro groups is 1. The second-order valence-electron chi connectivity index (χ2n) is 5.99. The van der Waals surface area contributed by atoms with Crippen molar-refractivity contribution in [1.29, 1.82) is 0 Å². The summed E-state index contributed by atoms with van der Waals surface area (Å²) in [5.74, 6) is -0.256. The monoisotopic (exact) mass is 373 g/mol. The SMILES string of the molecule is CCC(C)Sc1ccc(NC(=O)CNc2ccccc2[N+](=O)[O-])c(C)c1. The minimum Gasteiger partial charge on any atom is -0.371 e. The molecule has 2 aromatic carbocycles. The van der Waals surface area contributed by atoms with Crippen molar-refractivity contribution in [2.75, 3.05) is 17.2 Å². The molecule has 0 aliphatic heterocycles. The highest BCUT2D eigenvalue weighted by molar-refractivity contribution is 7.99.